The highest BCUT2D eigenvalue weighted by Gasteiger charge is 2.51. The number of fused-ring (bicyclic) bond motifs is 1. The zero-order chi connectivity index (χ0) is 25.2. The minimum atomic E-state index is -0.282. The zero-order valence-corrected chi connectivity index (χ0v) is 21.6. The van der Waals surface area contributed by atoms with E-state index in [9.17, 15) is 0 Å². The molecule has 3 atom stereocenters. The molecule has 35 heavy (non-hydrogen) atoms. The second-order valence-electron chi connectivity index (χ2n) is 9.77. The topological polar surface area (TPSA) is 56.5 Å². The third-order valence-electron chi connectivity index (χ3n) is 7.02. The fourth-order valence-corrected chi connectivity index (χ4v) is 4.99. The van der Waals surface area contributed by atoms with E-state index in [-0.39, 0.29) is 17.7 Å². The summed E-state index contributed by atoms with van der Waals surface area (Å²) in [5.41, 5.74) is 13.4. The molecule has 0 aromatic heterocycles. The summed E-state index contributed by atoms with van der Waals surface area (Å²) < 4.78 is 12.0. The van der Waals surface area contributed by atoms with Gasteiger partial charge in [-0.05, 0) is 80.5 Å². The lowest BCUT2D eigenvalue weighted by Gasteiger charge is -2.26. The Hall–Kier alpha value is -2.79. The lowest BCUT2D eigenvalue weighted by Crippen LogP contribution is -2.46. The van der Waals surface area contributed by atoms with E-state index in [0.29, 0.717) is 17.5 Å². The Labute approximate surface area is 214 Å². The van der Waals surface area contributed by atoms with Gasteiger partial charge in [0.15, 0.2) is 5.88 Å². The summed E-state index contributed by atoms with van der Waals surface area (Å²) in [4.78, 5) is 0. The van der Waals surface area contributed by atoms with Crippen LogP contribution in [0.5, 0.6) is 0 Å². The first-order valence-corrected chi connectivity index (χ1v) is 12.5. The van der Waals surface area contributed by atoms with E-state index in [1.54, 1.807) is 0 Å². The Kier molecular flexibility index (Phi) is 7.56. The van der Waals surface area contributed by atoms with Crippen molar-refractivity contribution in [3.8, 4) is 11.1 Å². The Bertz CT molecular complexity index is 1160. The molecular formula is C30H35ClN2O2. The van der Waals surface area contributed by atoms with Crippen molar-refractivity contribution >= 4 is 17.2 Å². The Balaban J connectivity index is 1.46. The number of hydrogen-bond acceptors (Lipinski definition) is 4. The van der Waals surface area contributed by atoms with Crippen molar-refractivity contribution in [3.63, 3.8) is 0 Å². The van der Waals surface area contributed by atoms with Crippen LogP contribution < -0.4 is 11.1 Å². The maximum Gasteiger partial charge on any atom is 0.184 e. The minimum absolute atomic E-state index is 0.0908. The van der Waals surface area contributed by atoms with Gasteiger partial charge in [-0.25, -0.2) is 0 Å². The van der Waals surface area contributed by atoms with Crippen LogP contribution in [0.3, 0.4) is 0 Å². The quantitative estimate of drug-likeness (QED) is 0.315. The number of ether oxygens (including phenoxy) is 2. The molecule has 1 saturated carbocycles. The molecule has 3 N–H and O–H groups in total. The van der Waals surface area contributed by atoms with Gasteiger partial charge in [0.2, 0.25) is 0 Å². The number of benzene rings is 2. The van der Waals surface area contributed by atoms with Crippen LogP contribution in [-0.2, 0) is 9.47 Å². The molecule has 2 fully saturated rings. The number of aryl methyl sites for hydroxylation is 1. The number of rotatable bonds is 8. The van der Waals surface area contributed by atoms with Crippen molar-refractivity contribution in [2.24, 2.45) is 5.73 Å². The van der Waals surface area contributed by atoms with Crippen LogP contribution in [0.25, 0.3) is 16.7 Å². The molecule has 2 aromatic rings. The van der Waals surface area contributed by atoms with Crippen LogP contribution in [0, 0.1) is 6.92 Å². The molecule has 1 heterocycles. The van der Waals surface area contributed by atoms with Crippen molar-refractivity contribution < 1.29 is 9.47 Å². The van der Waals surface area contributed by atoms with E-state index < -0.39 is 0 Å². The van der Waals surface area contributed by atoms with Gasteiger partial charge in [-0.1, -0.05) is 72.3 Å². The minimum Gasteiger partial charge on any atom is -0.473 e. The van der Waals surface area contributed by atoms with Crippen molar-refractivity contribution in [2.75, 3.05) is 6.61 Å². The average Bonchev–Trinajstić information content (AvgIpc) is 3.36. The molecule has 1 saturated heterocycles. The molecule has 0 amide bonds. The van der Waals surface area contributed by atoms with Gasteiger partial charge in [0, 0.05) is 22.9 Å². The molecule has 184 valence electrons. The molecule has 0 spiro atoms. The summed E-state index contributed by atoms with van der Waals surface area (Å²) in [5, 5.41) is 3.86. The van der Waals surface area contributed by atoms with Crippen LogP contribution in [0.4, 0.5) is 0 Å². The molecule has 0 bridgehead atoms. The molecule has 2 aliphatic rings. The van der Waals surface area contributed by atoms with Gasteiger partial charge in [0.05, 0.1) is 0 Å². The number of halogens is 1. The third kappa shape index (κ3) is 5.72. The predicted molar refractivity (Wildman–Crippen MR) is 146 cm³/mol. The summed E-state index contributed by atoms with van der Waals surface area (Å²) in [5.74, 6) is 0.438. The lowest BCUT2D eigenvalue weighted by molar-refractivity contribution is -0.0189. The van der Waals surface area contributed by atoms with E-state index >= 15 is 0 Å². The van der Waals surface area contributed by atoms with Crippen LogP contribution in [0.2, 0.25) is 0 Å². The Morgan fingerprint density at radius 3 is 2.34 bits per heavy atom. The van der Waals surface area contributed by atoms with E-state index in [4.69, 9.17) is 26.8 Å². The predicted octanol–water partition coefficient (Wildman–Crippen LogP) is 6.82. The molecule has 5 heteroatoms. The average molecular weight is 491 g/mol. The van der Waals surface area contributed by atoms with E-state index in [2.05, 4.69) is 73.9 Å². The van der Waals surface area contributed by atoms with Gasteiger partial charge in [-0.2, -0.15) is 0 Å². The number of hydrogen-bond donors (Lipinski definition) is 2. The zero-order valence-electron chi connectivity index (χ0n) is 20.9. The fraction of sp³-hybridized carbons (Fsp3) is 0.333. The molecule has 1 aliphatic carbocycles. The molecule has 4 rings (SSSR count). The molecular weight excluding hydrogens is 456 g/mol. The lowest BCUT2D eigenvalue weighted by atomic mass is 9.95. The van der Waals surface area contributed by atoms with Crippen molar-refractivity contribution in [1.82, 2.24) is 5.32 Å². The molecule has 0 radical (unpaired) electrons. The molecule has 2 aromatic carbocycles. The highest BCUT2D eigenvalue weighted by Crippen LogP contribution is 2.40. The molecule has 1 aliphatic heterocycles. The fourth-order valence-electron chi connectivity index (χ4n) is 4.77. The Morgan fingerprint density at radius 2 is 1.71 bits per heavy atom. The summed E-state index contributed by atoms with van der Waals surface area (Å²) in [6, 6.07) is 17.0. The second kappa shape index (κ2) is 10.4. The van der Waals surface area contributed by atoms with Gasteiger partial charge in [0.25, 0.3) is 0 Å². The normalized spacial score (nSPS) is 24.5. The van der Waals surface area contributed by atoms with E-state index in [1.807, 2.05) is 19.9 Å². The highest BCUT2D eigenvalue weighted by atomic mass is 35.5. The first-order valence-electron chi connectivity index (χ1n) is 12.1. The molecule has 4 nitrogen and oxygen atoms in total. The molecule has 0 unspecified atom stereocenters. The first-order chi connectivity index (χ1) is 16.7. The van der Waals surface area contributed by atoms with Crippen molar-refractivity contribution in [2.45, 2.75) is 57.8 Å². The van der Waals surface area contributed by atoms with Gasteiger partial charge >= 0.3 is 0 Å². The van der Waals surface area contributed by atoms with E-state index in [1.165, 1.54) is 16.7 Å². The largest absolute Gasteiger partial charge is 0.473 e. The summed E-state index contributed by atoms with van der Waals surface area (Å²) in [7, 11) is 0. The summed E-state index contributed by atoms with van der Waals surface area (Å²) in [6.45, 7) is 14.9. The van der Waals surface area contributed by atoms with Gasteiger partial charge in [0.1, 0.15) is 12.2 Å². The van der Waals surface area contributed by atoms with Crippen molar-refractivity contribution in [3.05, 3.63) is 101 Å². The monoisotopic (exact) mass is 490 g/mol. The standard InChI is InChI=1S/C30H35ClN2O2/c1-19(2)27(33-22(5)35-28-14-15-30(32)16-17-34-29(28)30)18-26(31)21(4)23-10-12-25(13-11-23)24-8-6-20(3)7-9-24/h6-13,18,28-29,33H,1,5,14-17,32H2,2-4H3/b26-21-,27-18+/t28-,29-,30+/m1/s1. The number of nitrogens with one attached hydrogen (secondary N) is 1. The van der Waals surface area contributed by atoms with Gasteiger partial charge in [-0.3, -0.25) is 0 Å². The maximum absolute atomic E-state index is 6.74. The third-order valence-corrected chi connectivity index (χ3v) is 7.42. The summed E-state index contributed by atoms with van der Waals surface area (Å²) >= 11 is 6.74. The van der Waals surface area contributed by atoms with Crippen LogP contribution in [-0.4, -0.2) is 24.4 Å². The SMILES string of the molecule is C=C(N/C(=C/C(Cl)=C(\C)c1ccc(-c2ccc(C)cc2)cc1)C(=C)C)O[C@@H]1CC[C@]2(N)CCO[C@H]12. The first kappa shape index (κ1) is 25.3. The van der Waals surface area contributed by atoms with E-state index in [0.717, 1.165) is 41.7 Å². The van der Waals surface area contributed by atoms with Crippen LogP contribution in [0.1, 0.15) is 44.2 Å². The maximum atomic E-state index is 6.74. The summed E-state index contributed by atoms with van der Waals surface area (Å²) in [6.07, 6.45) is 4.30. The second-order valence-corrected chi connectivity index (χ2v) is 10.2. The Morgan fingerprint density at radius 1 is 1.09 bits per heavy atom. The number of nitrogens with two attached hydrogens (primary N) is 1. The highest BCUT2D eigenvalue weighted by molar-refractivity contribution is 6.34. The number of allylic oxidation sites excluding steroid dienone is 4. The van der Waals surface area contributed by atoms with Crippen molar-refractivity contribution in [1.29, 1.82) is 0 Å². The van der Waals surface area contributed by atoms with Gasteiger partial charge in [-0.15, -0.1) is 0 Å². The smallest absolute Gasteiger partial charge is 0.184 e. The van der Waals surface area contributed by atoms with Crippen LogP contribution in [0.15, 0.2) is 90.0 Å². The van der Waals surface area contributed by atoms with Gasteiger partial charge < -0.3 is 20.5 Å². The van der Waals surface area contributed by atoms with Crippen LogP contribution >= 0.6 is 11.6 Å².